The minimum atomic E-state index is 0.147. The summed E-state index contributed by atoms with van der Waals surface area (Å²) >= 11 is 0. The highest BCUT2D eigenvalue weighted by Crippen LogP contribution is 2.25. The van der Waals surface area contributed by atoms with E-state index in [9.17, 15) is 9.90 Å². The van der Waals surface area contributed by atoms with Crippen LogP contribution in [0.3, 0.4) is 0 Å². The first-order valence-corrected chi connectivity index (χ1v) is 11.4. The van der Waals surface area contributed by atoms with Crippen molar-refractivity contribution in [2.24, 2.45) is 5.92 Å². The average molecular weight is 425 g/mol. The molecule has 5 nitrogen and oxygen atoms in total. The maximum Gasteiger partial charge on any atom is 0.277 e. The van der Waals surface area contributed by atoms with Crippen LogP contribution in [-0.2, 0) is 10.2 Å². The molecule has 0 aliphatic carbocycles. The van der Waals surface area contributed by atoms with Crippen LogP contribution < -0.4 is 10.2 Å². The largest absolute Gasteiger partial charge is 0.508 e. The number of piperazine rings is 1. The van der Waals surface area contributed by atoms with Crippen LogP contribution in [0.5, 0.6) is 5.75 Å². The topological polar surface area (TPSA) is 60.4 Å². The van der Waals surface area contributed by atoms with Crippen LogP contribution >= 0.6 is 0 Å². The zero-order chi connectivity index (χ0) is 22.6. The second-order valence-corrected chi connectivity index (χ2v) is 9.97. The molecule has 31 heavy (non-hydrogen) atoms. The van der Waals surface area contributed by atoms with Gasteiger partial charge in [-0.1, -0.05) is 58.9 Å². The first-order chi connectivity index (χ1) is 14.6. The molecule has 1 amide bonds. The molecule has 3 rings (SSSR count). The molecule has 1 aliphatic heterocycles. The lowest BCUT2D eigenvalue weighted by molar-refractivity contribution is -0.692. The van der Waals surface area contributed by atoms with Crippen molar-refractivity contribution in [3.8, 4) is 5.75 Å². The number of anilines is 1. The minimum absolute atomic E-state index is 0.147. The molecule has 0 unspecified atom stereocenters. The highest BCUT2D eigenvalue weighted by atomic mass is 16.3. The molecule has 0 bridgehead atoms. The van der Waals surface area contributed by atoms with Gasteiger partial charge in [-0.2, -0.15) is 0 Å². The number of phenolic OH excluding ortho intramolecular Hbond substituents is 1. The molecule has 3 N–H and O–H groups in total. The van der Waals surface area contributed by atoms with Gasteiger partial charge in [0.2, 0.25) is 0 Å². The van der Waals surface area contributed by atoms with Crippen LogP contribution in [-0.4, -0.2) is 48.6 Å². The third kappa shape index (κ3) is 6.01. The molecular formula is C26H38N3O2+. The van der Waals surface area contributed by atoms with E-state index in [4.69, 9.17) is 0 Å². The van der Waals surface area contributed by atoms with Crippen LogP contribution in [0.4, 0.5) is 5.69 Å². The number of phenols is 1. The Kier molecular flexibility index (Phi) is 7.26. The summed E-state index contributed by atoms with van der Waals surface area (Å²) in [5.41, 5.74) is 3.86. The fourth-order valence-electron chi connectivity index (χ4n) is 4.23. The highest BCUT2D eigenvalue weighted by Gasteiger charge is 2.26. The molecule has 1 saturated heterocycles. The molecule has 1 fully saturated rings. The smallest absolute Gasteiger partial charge is 0.277 e. The van der Waals surface area contributed by atoms with E-state index in [1.165, 1.54) is 11.1 Å². The molecule has 0 radical (unpaired) electrons. The van der Waals surface area contributed by atoms with Gasteiger partial charge in [0, 0.05) is 43.3 Å². The van der Waals surface area contributed by atoms with Crippen LogP contribution in [0.25, 0.3) is 0 Å². The molecular weight excluding hydrogens is 386 g/mol. The van der Waals surface area contributed by atoms with Gasteiger partial charge in [0.05, 0.1) is 0 Å². The van der Waals surface area contributed by atoms with Gasteiger partial charge < -0.3 is 20.2 Å². The van der Waals surface area contributed by atoms with Gasteiger partial charge in [0.1, 0.15) is 11.8 Å². The Morgan fingerprint density at radius 3 is 2.06 bits per heavy atom. The summed E-state index contributed by atoms with van der Waals surface area (Å²) in [5, 5.41) is 11.7. The van der Waals surface area contributed by atoms with Crippen molar-refractivity contribution in [3.63, 3.8) is 0 Å². The average Bonchev–Trinajstić information content (AvgIpc) is 2.74. The van der Waals surface area contributed by atoms with Crippen molar-refractivity contribution in [2.75, 3.05) is 37.6 Å². The number of hydrogen-bond acceptors (Lipinski definition) is 3. The van der Waals surface area contributed by atoms with Gasteiger partial charge in [0.25, 0.3) is 5.91 Å². The number of hydrogen-bond donors (Lipinski definition) is 2. The molecule has 0 aromatic heterocycles. The predicted molar refractivity (Wildman–Crippen MR) is 126 cm³/mol. The zero-order valence-corrected chi connectivity index (χ0v) is 19.6. The quantitative estimate of drug-likeness (QED) is 0.748. The SMILES string of the molecule is CC(C)[C@@H]([NH2+]CC(=O)N1CCN(c2ccc(O)cc2)CC1)c1ccc(C(C)(C)C)cc1. The normalized spacial score (nSPS) is 15.9. The van der Waals surface area contributed by atoms with Crippen molar-refractivity contribution >= 4 is 11.6 Å². The van der Waals surface area contributed by atoms with Crippen molar-refractivity contribution in [1.29, 1.82) is 0 Å². The molecule has 1 heterocycles. The van der Waals surface area contributed by atoms with E-state index >= 15 is 0 Å². The summed E-state index contributed by atoms with van der Waals surface area (Å²) in [6.07, 6.45) is 0. The van der Waals surface area contributed by atoms with Crippen molar-refractivity contribution in [3.05, 3.63) is 59.7 Å². The van der Waals surface area contributed by atoms with E-state index in [-0.39, 0.29) is 23.1 Å². The van der Waals surface area contributed by atoms with Crippen molar-refractivity contribution in [1.82, 2.24) is 4.90 Å². The van der Waals surface area contributed by atoms with Crippen molar-refractivity contribution in [2.45, 2.75) is 46.1 Å². The number of rotatable bonds is 6. The molecule has 5 heteroatoms. The standard InChI is InChI=1S/C26H37N3O2/c1-19(2)25(20-6-8-21(9-7-20)26(3,4)5)27-18-24(31)29-16-14-28(15-17-29)22-10-12-23(30)13-11-22/h6-13,19,25,27,30H,14-18H2,1-5H3/p+1/t25-/m1/s1. The zero-order valence-electron chi connectivity index (χ0n) is 19.6. The highest BCUT2D eigenvalue weighted by molar-refractivity contribution is 5.77. The van der Waals surface area contributed by atoms with Gasteiger partial charge in [0.15, 0.2) is 6.54 Å². The van der Waals surface area contributed by atoms with E-state index < -0.39 is 0 Å². The molecule has 0 spiro atoms. The fourth-order valence-corrected chi connectivity index (χ4v) is 4.23. The lowest BCUT2D eigenvalue weighted by atomic mass is 9.85. The summed E-state index contributed by atoms with van der Waals surface area (Å²) < 4.78 is 0. The fraction of sp³-hybridized carbons (Fsp3) is 0.500. The molecule has 2 aromatic carbocycles. The Hall–Kier alpha value is -2.53. The van der Waals surface area contributed by atoms with Gasteiger partial charge in [-0.3, -0.25) is 4.79 Å². The Balaban J connectivity index is 1.54. The third-order valence-electron chi connectivity index (χ3n) is 6.27. The van der Waals surface area contributed by atoms with E-state index in [0.717, 1.165) is 31.9 Å². The summed E-state index contributed by atoms with van der Waals surface area (Å²) in [5.74, 6) is 0.933. The lowest BCUT2D eigenvalue weighted by Gasteiger charge is -2.36. The van der Waals surface area contributed by atoms with E-state index in [1.54, 1.807) is 12.1 Å². The van der Waals surface area contributed by atoms with Crippen LogP contribution in [0, 0.1) is 5.92 Å². The second kappa shape index (κ2) is 9.73. The third-order valence-corrected chi connectivity index (χ3v) is 6.27. The Morgan fingerprint density at radius 2 is 1.55 bits per heavy atom. The number of aromatic hydroxyl groups is 1. The first-order valence-electron chi connectivity index (χ1n) is 11.4. The molecule has 2 aromatic rings. The Morgan fingerprint density at radius 1 is 0.968 bits per heavy atom. The summed E-state index contributed by atoms with van der Waals surface area (Å²) in [6.45, 7) is 14.7. The number of quaternary nitrogens is 1. The van der Waals surface area contributed by atoms with E-state index in [2.05, 4.69) is 69.1 Å². The van der Waals surface area contributed by atoms with Crippen molar-refractivity contribution < 1.29 is 15.2 Å². The second-order valence-electron chi connectivity index (χ2n) is 9.97. The van der Waals surface area contributed by atoms with Crippen LogP contribution in [0.2, 0.25) is 0 Å². The lowest BCUT2D eigenvalue weighted by Crippen LogP contribution is -2.88. The maximum atomic E-state index is 12.9. The summed E-state index contributed by atoms with van der Waals surface area (Å²) in [7, 11) is 0. The van der Waals surface area contributed by atoms with E-state index in [1.807, 2.05) is 17.0 Å². The number of nitrogens with two attached hydrogens (primary N) is 1. The van der Waals surface area contributed by atoms with Gasteiger partial charge in [-0.05, 0) is 35.2 Å². The minimum Gasteiger partial charge on any atom is -0.508 e. The van der Waals surface area contributed by atoms with E-state index in [0.29, 0.717) is 12.5 Å². The Bertz CT molecular complexity index is 846. The molecule has 1 atom stereocenters. The van der Waals surface area contributed by atoms with Crippen LogP contribution in [0.15, 0.2) is 48.5 Å². The summed E-state index contributed by atoms with van der Waals surface area (Å²) in [6, 6.07) is 16.5. The first kappa shape index (κ1) is 23.1. The maximum absolute atomic E-state index is 12.9. The predicted octanol–water partition coefficient (Wildman–Crippen LogP) is 3.30. The number of benzene rings is 2. The molecule has 1 aliphatic rings. The number of carbonyl (C=O) groups excluding carboxylic acids is 1. The Labute approximate surface area is 187 Å². The number of amides is 1. The van der Waals surface area contributed by atoms with Gasteiger partial charge in [-0.25, -0.2) is 0 Å². The molecule has 168 valence electrons. The van der Waals surface area contributed by atoms with Gasteiger partial charge in [-0.15, -0.1) is 0 Å². The summed E-state index contributed by atoms with van der Waals surface area (Å²) in [4.78, 5) is 17.1. The number of nitrogens with zero attached hydrogens (tertiary/aromatic N) is 2. The number of carbonyl (C=O) groups is 1. The molecule has 0 saturated carbocycles. The monoisotopic (exact) mass is 424 g/mol. The van der Waals surface area contributed by atoms with Crippen LogP contribution in [0.1, 0.15) is 51.8 Å². The van der Waals surface area contributed by atoms with Gasteiger partial charge >= 0.3 is 0 Å².